The fourth-order valence-corrected chi connectivity index (χ4v) is 4.12. The number of ether oxygens (including phenoxy) is 1. The highest BCUT2D eigenvalue weighted by molar-refractivity contribution is 9.10. The summed E-state index contributed by atoms with van der Waals surface area (Å²) in [6.45, 7) is 0.672. The first-order valence-corrected chi connectivity index (χ1v) is 9.09. The van der Waals surface area contributed by atoms with Crippen LogP contribution in [0.3, 0.4) is 0 Å². The monoisotopic (exact) mass is 399 g/mol. The summed E-state index contributed by atoms with van der Waals surface area (Å²) in [7, 11) is 1.45. The minimum atomic E-state index is -0.124. The summed E-state index contributed by atoms with van der Waals surface area (Å²) in [5.41, 5.74) is 4.49. The van der Waals surface area contributed by atoms with Gasteiger partial charge in [0.15, 0.2) is 0 Å². The molecule has 4 rings (SSSR count). The van der Waals surface area contributed by atoms with Crippen molar-refractivity contribution in [2.45, 2.75) is 25.8 Å². The predicted octanol–water partition coefficient (Wildman–Crippen LogP) is 3.52. The number of carbonyl (C=O) groups is 1. The van der Waals surface area contributed by atoms with Crippen molar-refractivity contribution in [3.63, 3.8) is 0 Å². The maximum atomic E-state index is 11.8. The first-order valence-electron chi connectivity index (χ1n) is 8.30. The van der Waals surface area contributed by atoms with Gasteiger partial charge in [-0.05, 0) is 43.0 Å². The molecule has 0 N–H and O–H groups in total. The van der Waals surface area contributed by atoms with E-state index in [-0.39, 0.29) is 11.9 Å². The van der Waals surface area contributed by atoms with Gasteiger partial charge in [0.25, 0.3) is 0 Å². The molecule has 0 amide bonds. The normalized spacial score (nSPS) is 16.6. The number of methoxy groups -OCH3 is 1. The molecule has 128 valence electrons. The predicted molar refractivity (Wildman–Crippen MR) is 98.3 cm³/mol. The highest BCUT2D eigenvalue weighted by Crippen LogP contribution is 2.28. The molecule has 6 heteroatoms. The number of carbonyl (C=O) groups excluding carboxylic acids is 1. The topological polar surface area (TPSA) is 57.0 Å². The van der Waals surface area contributed by atoms with Crippen LogP contribution in [0, 0.1) is 5.92 Å². The number of hydrogen-bond donors (Lipinski definition) is 0. The lowest BCUT2D eigenvalue weighted by atomic mass is 9.88. The third-order valence-electron chi connectivity index (χ3n) is 4.83. The van der Waals surface area contributed by atoms with Crippen molar-refractivity contribution in [2.75, 3.05) is 7.11 Å². The quantitative estimate of drug-likeness (QED) is 0.632. The molecule has 2 heterocycles. The van der Waals surface area contributed by atoms with Gasteiger partial charge in [-0.3, -0.25) is 14.5 Å². The summed E-state index contributed by atoms with van der Waals surface area (Å²) in [5, 5.41) is 5.68. The van der Waals surface area contributed by atoms with Crippen LogP contribution in [0.1, 0.15) is 23.2 Å². The molecule has 0 saturated carbocycles. The number of fused-ring (bicyclic) bond motifs is 2. The van der Waals surface area contributed by atoms with E-state index in [1.54, 1.807) is 0 Å². The van der Waals surface area contributed by atoms with Crippen molar-refractivity contribution in [3.05, 3.63) is 58.0 Å². The van der Waals surface area contributed by atoms with Gasteiger partial charge in [0.1, 0.15) is 0 Å². The van der Waals surface area contributed by atoms with E-state index in [9.17, 15) is 4.79 Å². The second kappa shape index (κ2) is 6.59. The zero-order valence-corrected chi connectivity index (χ0v) is 15.5. The van der Waals surface area contributed by atoms with Gasteiger partial charge in [-0.2, -0.15) is 5.10 Å². The number of rotatable bonds is 3. The number of halogens is 1. The average Bonchev–Trinajstić information content (AvgIpc) is 3.03. The second-order valence-electron chi connectivity index (χ2n) is 6.38. The zero-order chi connectivity index (χ0) is 17.4. The fourth-order valence-electron chi connectivity index (χ4n) is 3.60. The van der Waals surface area contributed by atoms with Crippen LogP contribution in [0.15, 0.2) is 41.1 Å². The van der Waals surface area contributed by atoms with Crippen LogP contribution < -0.4 is 0 Å². The van der Waals surface area contributed by atoms with Crippen LogP contribution in [0.5, 0.6) is 0 Å². The van der Waals surface area contributed by atoms with Gasteiger partial charge < -0.3 is 4.74 Å². The SMILES string of the molecule is COC(=O)[C@@H]1CCc2c(cnn2Cc2cc(Br)cc3cccnc23)C1. The molecule has 1 aromatic carbocycles. The molecular formula is C19H18BrN3O2. The first kappa shape index (κ1) is 16.3. The second-order valence-corrected chi connectivity index (χ2v) is 7.29. The molecule has 5 nitrogen and oxygen atoms in total. The van der Waals surface area contributed by atoms with Crippen LogP contribution in [-0.4, -0.2) is 27.8 Å². The Hall–Kier alpha value is -2.21. The Morgan fingerprint density at radius 2 is 2.32 bits per heavy atom. The molecule has 0 fully saturated rings. The Morgan fingerprint density at radius 3 is 3.16 bits per heavy atom. The molecule has 1 atom stereocenters. The summed E-state index contributed by atoms with van der Waals surface area (Å²) in [4.78, 5) is 16.3. The number of benzene rings is 1. The van der Waals surface area contributed by atoms with Crippen LogP contribution in [0.4, 0.5) is 0 Å². The largest absolute Gasteiger partial charge is 0.469 e. The standard InChI is InChI=1S/C19H18BrN3O2/c1-25-19(24)13-4-5-17-14(7-13)10-22-23(17)11-15-9-16(20)8-12-3-2-6-21-18(12)15/h2-3,6,8-10,13H,4-5,7,11H2,1H3/t13-/m1/s1. The highest BCUT2D eigenvalue weighted by Gasteiger charge is 2.28. The van der Waals surface area contributed by atoms with Gasteiger partial charge in [0.05, 0.1) is 31.3 Å². The molecule has 0 radical (unpaired) electrons. The minimum absolute atomic E-state index is 0.0523. The molecule has 0 unspecified atom stereocenters. The molecule has 0 bridgehead atoms. The molecule has 2 aromatic heterocycles. The fraction of sp³-hybridized carbons (Fsp3) is 0.316. The van der Waals surface area contributed by atoms with Crippen molar-refractivity contribution >= 4 is 32.8 Å². The molecule has 3 aromatic rings. The van der Waals surface area contributed by atoms with Gasteiger partial charge in [0, 0.05) is 27.3 Å². The summed E-state index contributed by atoms with van der Waals surface area (Å²) in [6, 6.07) is 8.19. The lowest BCUT2D eigenvalue weighted by molar-refractivity contribution is -0.145. The number of pyridine rings is 1. The van der Waals surface area contributed by atoms with E-state index >= 15 is 0 Å². The van der Waals surface area contributed by atoms with Gasteiger partial charge >= 0.3 is 5.97 Å². The average molecular weight is 400 g/mol. The van der Waals surface area contributed by atoms with Gasteiger partial charge in [-0.25, -0.2) is 0 Å². The van der Waals surface area contributed by atoms with Crippen LogP contribution in [0.2, 0.25) is 0 Å². The van der Waals surface area contributed by atoms with E-state index in [1.165, 1.54) is 12.8 Å². The van der Waals surface area contributed by atoms with E-state index in [1.807, 2.05) is 23.1 Å². The molecule has 25 heavy (non-hydrogen) atoms. The highest BCUT2D eigenvalue weighted by atomic mass is 79.9. The van der Waals surface area contributed by atoms with E-state index < -0.39 is 0 Å². The molecular weight excluding hydrogens is 382 g/mol. The van der Waals surface area contributed by atoms with Gasteiger partial charge in [-0.1, -0.05) is 22.0 Å². The first-order chi connectivity index (χ1) is 12.2. The Balaban J connectivity index is 1.66. The van der Waals surface area contributed by atoms with Crippen molar-refractivity contribution in [2.24, 2.45) is 5.92 Å². The summed E-state index contributed by atoms with van der Waals surface area (Å²) >= 11 is 3.59. The minimum Gasteiger partial charge on any atom is -0.469 e. The van der Waals surface area contributed by atoms with Gasteiger partial charge in [0.2, 0.25) is 0 Å². The number of esters is 1. The smallest absolute Gasteiger partial charge is 0.309 e. The summed E-state index contributed by atoms with van der Waals surface area (Å²) in [5.74, 6) is -0.177. The Morgan fingerprint density at radius 1 is 1.44 bits per heavy atom. The lowest BCUT2D eigenvalue weighted by Crippen LogP contribution is -2.24. The summed E-state index contributed by atoms with van der Waals surface area (Å²) < 4.78 is 7.97. The van der Waals surface area contributed by atoms with Gasteiger partial charge in [-0.15, -0.1) is 0 Å². The van der Waals surface area contributed by atoms with Crippen molar-refractivity contribution in [1.82, 2.24) is 14.8 Å². The van der Waals surface area contributed by atoms with E-state index in [0.29, 0.717) is 13.0 Å². The van der Waals surface area contributed by atoms with Crippen molar-refractivity contribution < 1.29 is 9.53 Å². The molecule has 1 aliphatic carbocycles. The maximum absolute atomic E-state index is 11.8. The molecule has 0 saturated heterocycles. The number of aromatic nitrogens is 3. The lowest BCUT2D eigenvalue weighted by Gasteiger charge is -2.21. The third-order valence-corrected chi connectivity index (χ3v) is 5.29. The Kier molecular flexibility index (Phi) is 4.29. The van der Waals surface area contributed by atoms with Crippen molar-refractivity contribution in [3.8, 4) is 0 Å². The summed E-state index contributed by atoms with van der Waals surface area (Å²) in [6.07, 6.45) is 6.06. The van der Waals surface area contributed by atoms with Crippen LogP contribution in [-0.2, 0) is 28.9 Å². The van der Waals surface area contributed by atoms with Crippen LogP contribution in [0.25, 0.3) is 10.9 Å². The zero-order valence-electron chi connectivity index (χ0n) is 13.9. The maximum Gasteiger partial charge on any atom is 0.309 e. The third kappa shape index (κ3) is 3.06. The number of hydrogen-bond acceptors (Lipinski definition) is 4. The van der Waals surface area contributed by atoms with E-state index in [2.05, 4.69) is 44.2 Å². The van der Waals surface area contributed by atoms with E-state index in [0.717, 1.165) is 39.3 Å². The number of nitrogens with zero attached hydrogens (tertiary/aromatic N) is 3. The Labute approximate surface area is 154 Å². The van der Waals surface area contributed by atoms with Crippen molar-refractivity contribution in [1.29, 1.82) is 0 Å². The Bertz CT molecular complexity index is 951. The van der Waals surface area contributed by atoms with Crippen LogP contribution >= 0.6 is 15.9 Å². The molecule has 0 spiro atoms. The van der Waals surface area contributed by atoms with E-state index in [4.69, 9.17) is 4.74 Å². The molecule has 1 aliphatic rings. The molecule has 0 aliphatic heterocycles.